The maximum Gasteiger partial charge on any atom is 0.257 e. The minimum Gasteiger partial charge on any atom is -0.389 e. The number of thiophene rings is 1. The molecule has 3 N–H and O–H groups in total. The number of carbonyl (C=O) groups is 1. The lowest BCUT2D eigenvalue weighted by Gasteiger charge is -2.07. The Bertz CT molecular complexity index is 703. The number of amides is 1. The van der Waals surface area contributed by atoms with Gasteiger partial charge in [0.25, 0.3) is 5.91 Å². The largest absolute Gasteiger partial charge is 0.389 e. The number of anilines is 1. The number of nitrogens with two attached hydrogens (primary N) is 1. The van der Waals surface area contributed by atoms with Gasteiger partial charge in [-0.15, -0.1) is 11.3 Å². The van der Waals surface area contributed by atoms with Crippen molar-refractivity contribution in [1.82, 2.24) is 0 Å². The van der Waals surface area contributed by atoms with Gasteiger partial charge in [0.2, 0.25) is 0 Å². The molecule has 0 atom stereocenters. The van der Waals surface area contributed by atoms with Crippen LogP contribution >= 0.6 is 55.4 Å². The van der Waals surface area contributed by atoms with Gasteiger partial charge in [-0.05, 0) is 56.1 Å². The molecule has 0 aliphatic heterocycles. The average molecular weight is 438 g/mol. The molecule has 2 rings (SSSR count). The van der Waals surface area contributed by atoms with E-state index < -0.39 is 11.7 Å². The van der Waals surface area contributed by atoms with E-state index in [-0.39, 0.29) is 10.7 Å². The summed E-state index contributed by atoms with van der Waals surface area (Å²) in [6.45, 7) is 0. The van der Waals surface area contributed by atoms with Crippen molar-refractivity contribution in [3.05, 3.63) is 48.8 Å². The van der Waals surface area contributed by atoms with Crippen LogP contribution in [0.15, 0.2) is 31.8 Å². The predicted molar refractivity (Wildman–Crippen MR) is 90.0 cm³/mol. The summed E-state index contributed by atoms with van der Waals surface area (Å²) >= 11 is 12.7. The SMILES string of the molecule is NC(=S)c1ccc(NC(=O)c2cc(Br)sc2Br)c(F)c1. The number of nitrogens with one attached hydrogen (secondary N) is 1. The van der Waals surface area contributed by atoms with E-state index in [1.165, 1.54) is 23.5 Å². The highest BCUT2D eigenvalue weighted by Gasteiger charge is 2.15. The molecule has 1 aromatic carbocycles. The molecule has 0 aliphatic rings. The van der Waals surface area contributed by atoms with E-state index >= 15 is 0 Å². The van der Waals surface area contributed by atoms with Crippen molar-refractivity contribution < 1.29 is 9.18 Å². The first-order valence-corrected chi connectivity index (χ1v) is 8.05. The second-order valence-corrected chi connectivity index (χ2v) is 7.94. The van der Waals surface area contributed by atoms with Crippen LogP contribution in [0.4, 0.5) is 10.1 Å². The summed E-state index contributed by atoms with van der Waals surface area (Å²) in [4.78, 5) is 12.1. The van der Waals surface area contributed by atoms with Gasteiger partial charge in [-0.25, -0.2) is 4.39 Å². The van der Waals surface area contributed by atoms with Crippen LogP contribution in [0, 0.1) is 5.82 Å². The fourth-order valence-electron chi connectivity index (χ4n) is 1.45. The number of thiocarbonyl (C=S) groups is 1. The number of rotatable bonds is 3. The van der Waals surface area contributed by atoms with E-state index in [9.17, 15) is 9.18 Å². The van der Waals surface area contributed by atoms with Crippen LogP contribution in [0.2, 0.25) is 0 Å². The summed E-state index contributed by atoms with van der Waals surface area (Å²) in [5.41, 5.74) is 6.33. The number of benzene rings is 1. The molecular weight excluding hydrogens is 431 g/mol. The van der Waals surface area contributed by atoms with Crippen LogP contribution in [0.25, 0.3) is 0 Å². The number of hydrogen-bond donors (Lipinski definition) is 2. The van der Waals surface area contributed by atoms with Gasteiger partial charge >= 0.3 is 0 Å². The molecule has 1 aromatic heterocycles. The van der Waals surface area contributed by atoms with Crippen LogP contribution < -0.4 is 11.1 Å². The van der Waals surface area contributed by atoms with Crippen LogP contribution in [-0.2, 0) is 0 Å². The molecule has 1 amide bonds. The van der Waals surface area contributed by atoms with Crippen molar-refractivity contribution in [2.45, 2.75) is 0 Å². The van der Waals surface area contributed by atoms with Gasteiger partial charge in [0.1, 0.15) is 10.8 Å². The molecule has 0 saturated carbocycles. The van der Waals surface area contributed by atoms with E-state index in [1.807, 2.05) is 0 Å². The molecule has 0 radical (unpaired) electrons. The monoisotopic (exact) mass is 436 g/mol. The fraction of sp³-hybridized carbons (Fsp3) is 0. The maximum absolute atomic E-state index is 13.8. The zero-order chi connectivity index (χ0) is 14.9. The lowest BCUT2D eigenvalue weighted by atomic mass is 10.2. The number of hydrogen-bond acceptors (Lipinski definition) is 3. The Hall–Kier alpha value is -0.830. The summed E-state index contributed by atoms with van der Waals surface area (Å²) in [7, 11) is 0. The highest BCUT2D eigenvalue weighted by molar-refractivity contribution is 9.12. The zero-order valence-electron chi connectivity index (χ0n) is 9.75. The van der Waals surface area contributed by atoms with Crippen molar-refractivity contribution in [3.63, 3.8) is 0 Å². The Kier molecular flexibility index (Phi) is 4.90. The van der Waals surface area contributed by atoms with E-state index in [0.29, 0.717) is 14.9 Å². The first-order chi connectivity index (χ1) is 9.38. The highest BCUT2D eigenvalue weighted by Crippen LogP contribution is 2.32. The molecule has 0 fully saturated rings. The molecule has 104 valence electrons. The van der Waals surface area contributed by atoms with Gasteiger partial charge < -0.3 is 11.1 Å². The third kappa shape index (κ3) is 3.43. The Labute approximate surface area is 140 Å². The quantitative estimate of drug-likeness (QED) is 0.704. The van der Waals surface area contributed by atoms with Crippen LogP contribution in [0.1, 0.15) is 15.9 Å². The lowest BCUT2D eigenvalue weighted by Crippen LogP contribution is -2.14. The summed E-state index contributed by atoms with van der Waals surface area (Å²) < 4.78 is 15.3. The van der Waals surface area contributed by atoms with Gasteiger partial charge in [0.05, 0.1) is 18.8 Å². The molecule has 0 saturated heterocycles. The Morgan fingerprint density at radius 2 is 2.05 bits per heavy atom. The summed E-state index contributed by atoms with van der Waals surface area (Å²) in [6.07, 6.45) is 0. The summed E-state index contributed by atoms with van der Waals surface area (Å²) in [5, 5.41) is 2.50. The minimum absolute atomic E-state index is 0.0734. The minimum atomic E-state index is -0.589. The molecule has 2 aromatic rings. The Morgan fingerprint density at radius 1 is 1.35 bits per heavy atom. The maximum atomic E-state index is 13.8. The number of carbonyl (C=O) groups excluding carboxylic acids is 1. The second kappa shape index (κ2) is 6.30. The topological polar surface area (TPSA) is 55.1 Å². The van der Waals surface area contributed by atoms with E-state index in [4.69, 9.17) is 18.0 Å². The molecule has 0 aliphatic carbocycles. The highest BCUT2D eigenvalue weighted by atomic mass is 79.9. The van der Waals surface area contributed by atoms with Gasteiger partial charge in [-0.1, -0.05) is 12.2 Å². The van der Waals surface area contributed by atoms with Crippen molar-refractivity contribution in [1.29, 1.82) is 0 Å². The standard InChI is InChI=1S/C12H7Br2FN2OS2/c13-9-4-6(10(14)20-9)12(18)17-8-2-1-5(11(16)19)3-7(8)15/h1-4H,(H2,16,19)(H,17,18). The molecule has 3 nitrogen and oxygen atoms in total. The molecule has 1 heterocycles. The van der Waals surface area contributed by atoms with Crippen LogP contribution in [-0.4, -0.2) is 10.9 Å². The Balaban J connectivity index is 2.24. The van der Waals surface area contributed by atoms with Gasteiger partial charge in [0.15, 0.2) is 0 Å². The summed E-state index contributed by atoms with van der Waals surface area (Å²) in [5.74, 6) is -0.991. The van der Waals surface area contributed by atoms with E-state index in [2.05, 4.69) is 37.2 Å². The third-order valence-electron chi connectivity index (χ3n) is 2.40. The van der Waals surface area contributed by atoms with Gasteiger partial charge in [0, 0.05) is 5.56 Å². The summed E-state index contributed by atoms with van der Waals surface area (Å²) in [6, 6.07) is 5.83. The molecule has 0 unspecified atom stereocenters. The molecule has 20 heavy (non-hydrogen) atoms. The molecular formula is C12H7Br2FN2OS2. The van der Waals surface area contributed by atoms with Crippen LogP contribution in [0.5, 0.6) is 0 Å². The van der Waals surface area contributed by atoms with Crippen molar-refractivity contribution in [3.8, 4) is 0 Å². The third-order valence-corrected chi connectivity index (χ3v) is 4.98. The Morgan fingerprint density at radius 3 is 2.55 bits per heavy atom. The zero-order valence-corrected chi connectivity index (χ0v) is 14.6. The molecule has 0 spiro atoms. The predicted octanol–water partition coefficient (Wildman–Crippen LogP) is 4.30. The normalized spacial score (nSPS) is 10.3. The number of halogens is 3. The van der Waals surface area contributed by atoms with E-state index in [1.54, 1.807) is 12.1 Å². The van der Waals surface area contributed by atoms with Crippen LogP contribution in [0.3, 0.4) is 0 Å². The van der Waals surface area contributed by atoms with Gasteiger partial charge in [-0.2, -0.15) is 0 Å². The second-order valence-electron chi connectivity index (χ2n) is 3.75. The van der Waals surface area contributed by atoms with Crippen molar-refractivity contribution in [2.24, 2.45) is 5.73 Å². The van der Waals surface area contributed by atoms with E-state index in [0.717, 1.165) is 3.79 Å². The fourth-order valence-corrected chi connectivity index (χ4v) is 4.37. The van der Waals surface area contributed by atoms with Gasteiger partial charge in [-0.3, -0.25) is 4.79 Å². The van der Waals surface area contributed by atoms with Crippen molar-refractivity contribution in [2.75, 3.05) is 5.32 Å². The molecule has 0 bridgehead atoms. The lowest BCUT2D eigenvalue weighted by molar-refractivity contribution is 0.102. The first kappa shape index (κ1) is 15.6. The average Bonchev–Trinajstić information content (AvgIpc) is 2.70. The van der Waals surface area contributed by atoms with Crippen molar-refractivity contribution >= 4 is 72.0 Å². The smallest absolute Gasteiger partial charge is 0.257 e. The molecule has 8 heteroatoms. The first-order valence-electron chi connectivity index (χ1n) is 5.24.